The summed E-state index contributed by atoms with van der Waals surface area (Å²) in [6.07, 6.45) is 1.74. The molecule has 0 fully saturated rings. The standard InChI is InChI=1S/C22H23NO3S/c1-3-27-21-13-22(26-16-18-9-11-19(24-2)12-10-18)23-14-20(21)25-15-17-7-5-4-6-8-17/h4-14H,3,15-16H2,1-2H3. The summed E-state index contributed by atoms with van der Waals surface area (Å²) in [4.78, 5) is 5.43. The molecule has 1 aromatic heterocycles. The summed E-state index contributed by atoms with van der Waals surface area (Å²) in [6, 6.07) is 19.9. The summed E-state index contributed by atoms with van der Waals surface area (Å²) in [6.45, 7) is 3.09. The van der Waals surface area contributed by atoms with E-state index in [1.165, 1.54) is 0 Å². The first-order valence-corrected chi connectivity index (χ1v) is 9.82. The minimum absolute atomic E-state index is 0.456. The Labute approximate surface area is 164 Å². The molecule has 0 saturated heterocycles. The molecule has 4 nitrogen and oxygen atoms in total. The van der Waals surface area contributed by atoms with E-state index in [9.17, 15) is 0 Å². The minimum atomic E-state index is 0.456. The van der Waals surface area contributed by atoms with Crippen LogP contribution in [0.4, 0.5) is 0 Å². The first-order chi connectivity index (χ1) is 13.3. The Balaban J connectivity index is 1.64. The molecule has 0 aliphatic rings. The number of benzene rings is 2. The van der Waals surface area contributed by atoms with E-state index in [1.54, 1.807) is 25.1 Å². The van der Waals surface area contributed by atoms with Crippen LogP contribution in [0.25, 0.3) is 0 Å². The zero-order valence-electron chi connectivity index (χ0n) is 15.6. The number of thioether (sulfide) groups is 1. The zero-order valence-corrected chi connectivity index (χ0v) is 16.4. The number of nitrogens with zero attached hydrogens (tertiary/aromatic N) is 1. The van der Waals surface area contributed by atoms with E-state index < -0.39 is 0 Å². The molecule has 0 aliphatic heterocycles. The van der Waals surface area contributed by atoms with E-state index in [0.29, 0.717) is 19.1 Å². The SMILES string of the molecule is CCSc1cc(OCc2ccc(OC)cc2)ncc1OCc1ccccc1. The molecule has 0 bridgehead atoms. The molecule has 0 aliphatic carbocycles. The molecule has 0 radical (unpaired) electrons. The molecule has 140 valence electrons. The predicted octanol–water partition coefficient (Wildman–Crippen LogP) is 5.36. The van der Waals surface area contributed by atoms with Crippen LogP contribution in [0.15, 0.2) is 71.8 Å². The van der Waals surface area contributed by atoms with Crippen molar-refractivity contribution in [3.63, 3.8) is 0 Å². The van der Waals surface area contributed by atoms with Gasteiger partial charge in [0.1, 0.15) is 19.0 Å². The fraction of sp³-hybridized carbons (Fsp3) is 0.227. The smallest absolute Gasteiger partial charge is 0.214 e. The molecule has 2 aromatic carbocycles. The number of rotatable bonds is 9. The average Bonchev–Trinajstić information content (AvgIpc) is 2.73. The van der Waals surface area contributed by atoms with Crippen molar-refractivity contribution in [2.75, 3.05) is 12.9 Å². The van der Waals surface area contributed by atoms with Crippen molar-refractivity contribution in [2.45, 2.75) is 25.0 Å². The second-order valence-electron chi connectivity index (χ2n) is 5.81. The Bertz CT molecular complexity index is 838. The van der Waals surface area contributed by atoms with E-state index in [2.05, 4.69) is 11.9 Å². The first kappa shape index (κ1) is 19.1. The molecule has 0 amide bonds. The Hall–Kier alpha value is -2.66. The van der Waals surface area contributed by atoms with Crippen molar-refractivity contribution in [1.29, 1.82) is 0 Å². The maximum absolute atomic E-state index is 5.97. The molecule has 1 heterocycles. The molecule has 0 N–H and O–H groups in total. The second kappa shape index (κ2) is 9.88. The van der Waals surface area contributed by atoms with Crippen LogP contribution in [0.3, 0.4) is 0 Å². The van der Waals surface area contributed by atoms with Gasteiger partial charge in [0.05, 0.1) is 18.2 Å². The molecule has 0 spiro atoms. The molecule has 0 saturated carbocycles. The maximum atomic E-state index is 5.97. The minimum Gasteiger partial charge on any atom is -0.497 e. The lowest BCUT2D eigenvalue weighted by atomic mass is 10.2. The number of hydrogen-bond donors (Lipinski definition) is 0. The molecule has 0 unspecified atom stereocenters. The van der Waals surface area contributed by atoms with Gasteiger partial charge < -0.3 is 14.2 Å². The van der Waals surface area contributed by atoms with E-state index in [0.717, 1.165) is 33.3 Å². The molecular formula is C22H23NO3S. The van der Waals surface area contributed by atoms with Gasteiger partial charge in [0.25, 0.3) is 0 Å². The lowest BCUT2D eigenvalue weighted by molar-refractivity contribution is 0.280. The fourth-order valence-electron chi connectivity index (χ4n) is 2.48. The molecule has 3 rings (SSSR count). The number of hydrogen-bond acceptors (Lipinski definition) is 5. The van der Waals surface area contributed by atoms with Gasteiger partial charge in [-0.15, -0.1) is 11.8 Å². The summed E-state index contributed by atoms with van der Waals surface area (Å²) in [5.41, 5.74) is 2.19. The largest absolute Gasteiger partial charge is 0.497 e. The molecule has 0 atom stereocenters. The first-order valence-electron chi connectivity index (χ1n) is 8.83. The topological polar surface area (TPSA) is 40.6 Å². The fourth-order valence-corrected chi connectivity index (χ4v) is 3.23. The Kier molecular flexibility index (Phi) is 6.99. The average molecular weight is 381 g/mol. The van der Waals surface area contributed by atoms with E-state index >= 15 is 0 Å². The van der Waals surface area contributed by atoms with Gasteiger partial charge in [0.2, 0.25) is 5.88 Å². The lowest BCUT2D eigenvalue weighted by Crippen LogP contribution is -2.00. The van der Waals surface area contributed by atoms with Crippen LogP contribution >= 0.6 is 11.8 Å². The molecular weight excluding hydrogens is 358 g/mol. The van der Waals surface area contributed by atoms with Crippen molar-refractivity contribution >= 4 is 11.8 Å². The third-order valence-electron chi connectivity index (χ3n) is 3.89. The highest BCUT2D eigenvalue weighted by Gasteiger charge is 2.09. The molecule has 27 heavy (non-hydrogen) atoms. The third kappa shape index (κ3) is 5.66. The number of ether oxygens (including phenoxy) is 3. The van der Waals surface area contributed by atoms with Crippen molar-refractivity contribution in [3.8, 4) is 17.4 Å². The van der Waals surface area contributed by atoms with Gasteiger partial charge in [-0.3, -0.25) is 0 Å². The quantitative estimate of drug-likeness (QED) is 0.467. The second-order valence-corrected chi connectivity index (χ2v) is 7.12. The number of aromatic nitrogens is 1. The number of pyridine rings is 1. The number of methoxy groups -OCH3 is 1. The highest BCUT2D eigenvalue weighted by atomic mass is 32.2. The van der Waals surface area contributed by atoms with Crippen molar-refractivity contribution < 1.29 is 14.2 Å². The van der Waals surface area contributed by atoms with Gasteiger partial charge >= 0.3 is 0 Å². The zero-order chi connectivity index (χ0) is 18.9. The van der Waals surface area contributed by atoms with E-state index in [-0.39, 0.29) is 0 Å². The van der Waals surface area contributed by atoms with Gasteiger partial charge in [-0.05, 0) is 29.0 Å². The maximum Gasteiger partial charge on any atom is 0.214 e. The summed E-state index contributed by atoms with van der Waals surface area (Å²) < 4.78 is 17.0. The Morgan fingerprint density at radius 2 is 1.59 bits per heavy atom. The Morgan fingerprint density at radius 1 is 0.889 bits per heavy atom. The van der Waals surface area contributed by atoms with E-state index in [1.807, 2.05) is 60.7 Å². The van der Waals surface area contributed by atoms with Gasteiger partial charge in [0.15, 0.2) is 5.75 Å². The lowest BCUT2D eigenvalue weighted by Gasteiger charge is -2.12. The van der Waals surface area contributed by atoms with Crippen molar-refractivity contribution in [2.24, 2.45) is 0 Å². The van der Waals surface area contributed by atoms with Gasteiger partial charge in [0, 0.05) is 6.07 Å². The van der Waals surface area contributed by atoms with Gasteiger partial charge in [-0.25, -0.2) is 4.98 Å². The van der Waals surface area contributed by atoms with Crippen LogP contribution in [0.5, 0.6) is 17.4 Å². The normalized spacial score (nSPS) is 10.4. The summed E-state index contributed by atoms with van der Waals surface area (Å²) >= 11 is 1.72. The highest BCUT2D eigenvalue weighted by molar-refractivity contribution is 7.99. The van der Waals surface area contributed by atoms with E-state index in [4.69, 9.17) is 14.2 Å². The van der Waals surface area contributed by atoms with Crippen LogP contribution in [-0.4, -0.2) is 17.8 Å². The van der Waals surface area contributed by atoms with Gasteiger partial charge in [-0.1, -0.05) is 49.4 Å². The summed E-state index contributed by atoms with van der Waals surface area (Å²) in [5.74, 6) is 3.15. The summed E-state index contributed by atoms with van der Waals surface area (Å²) in [7, 11) is 1.66. The van der Waals surface area contributed by atoms with Crippen LogP contribution in [0, 0.1) is 0 Å². The summed E-state index contributed by atoms with van der Waals surface area (Å²) in [5, 5.41) is 0. The predicted molar refractivity (Wildman–Crippen MR) is 109 cm³/mol. The van der Waals surface area contributed by atoms with Crippen LogP contribution in [0.2, 0.25) is 0 Å². The third-order valence-corrected chi connectivity index (χ3v) is 4.81. The Morgan fingerprint density at radius 3 is 2.30 bits per heavy atom. The monoisotopic (exact) mass is 381 g/mol. The van der Waals surface area contributed by atoms with Crippen LogP contribution < -0.4 is 14.2 Å². The van der Waals surface area contributed by atoms with Crippen molar-refractivity contribution in [1.82, 2.24) is 4.98 Å². The molecule has 5 heteroatoms. The molecule has 3 aromatic rings. The van der Waals surface area contributed by atoms with Gasteiger partial charge in [-0.2, -0.15) is 0 Å². The van der Waals surface area contributed by atoms with Crippen LogP contribution in [-0.2, 0) is 13.2 Å². The van der Waals surface area contributed by atoms with Crippen LogP contribution in [0.1, 0.15) is 18.1 Å². The van der Waals surface area contributed by atoms with Crippen molar-refractivity contribution in [3.05, 3.63) is 78.0 Å². The highest BCUT2D eigenvalue weighted by Crippen LogP contribution is 2.32.